The highest BCUT2D eigenvalue weighted by molar-refractivity contribution is 5.80. The van der Waals surface area contributed by atoms with Gasteiger partial charge in [0.2, 0.25) is 17.7 Å². The van der Waals surface area contributed by atoms with Crippen LogP contribution in [0.5, 0.6) is 0 Å². The molecule has 2 fully saturated rings. The van der Waals surface area contributed by atoms with E-state index in [2.05, 4.69) is 55.2 Å². The number of nitrogens with zero attached hydrogens (tertiary/aromatic N) is 3. The number of aryl methyl sites for hydroxylation is 1. The molecule has 0 bridgehead atoms. The summed E-state index contributed by atoms with van der Waals surface area (Å²) in [6.07, 6.45) is 3.50. The van der Waals surface area contributed by atoms with Gasteiger partial charge in [0, 0.05) is 13.5 Å². The molecule has 0 radical (unpaired) electrons. The molecule has 4 rings (SSSR count). The third-order valence-corrected chi connectivity index (χ3v) is 6.10. The standard InChI is InChI=1S/C21H27N3O2/c1-14-22-23-19(26-14)21-11-9-17(21)10-12-24(21)18(25)13-15-5-7-16(8-6-15)20(2,3)4/h5-8,17H,9-13H2,1-4H3/t17-,21-/m0/s1. The number of benzene rings is 1. The van der Waals surface area contributed by atoms with E-state index in [0.29, 0.717) is 24.1 Å². The van der Waals surface area contributed by atoms with E-state index in [1.54, 1.807) is 6.92 Å². The lowest BCUT2D eigenvalue weighted by atomic mass is 9.67. The SMILES string of the molecule is Cc1nnc([C@]23CC[C@H]2CCN3C(=O)Cc2ccc(C(C)(C)C)cc2)o1. The molecule has 2 heterocycles. The number of likely N-dealkylation sites (tertiary alicyclic amines) is 1. The Morgan fingerprint density at radius 1 is 1.23 bits per heavy atom. The second-order valence-corrected chi connectivity index (χ2v) is 8.74. The number of amides is 1. The maximum Gasteiger partial charge on any atom is 0.242 e. The minimum Gasteiger partial charge on any atom is -0.423 e. The number of carbonyl (C=O) groups excluding carboxylic acids is 1. The Balaban J connectivity index is 1.54. The molecular weight excluding hydrogens is 326 g/mol. The van der Waals surface area contributed by atoms with E-state index in [4.69, 9.17) is 4.42 Å². The van der Waals surface area contributed by atoms with Crippen molar-refractivity contribution in [1.82, 2.24) is 15.1 Å². The highest BCUT2D eigenvalue weighted by Crippen LogP contribution is 2.56. The first-order valence-electron chi connectivity index (χ1n) is 9.51. The van der Waals surface area contributed by atoms with Crippen LogP contribution in [0.2, 0.25) is 0 Å². The Kier molecular flexibility index (Phi) is 3.94. The maximum absolute atomic E-state index is 13.1. The number of aromatic nitrogens is 2. The van der Waals surface area contributed by atoms with Gasteiger partial charge in [0.15, 0.2) is 0 Å². The van der Waals surface area contributed by atoms with Crippen LogP contribution in [-0.4, -0.2) is 27.5 Å². The lowest BCUT2D eigenvalue weighted by Crippen LogP contribution is -2.54. The maximum atomic E-state index is 13.1. The van der Waals surface area contributed by atoms with Crippen molar-refractivity contribution in [2.45, 2.75) is 64.3 Å². The molecule has 1 aliphatic heterocycles. The Morgan fingerprint density at radius 2 is 1.96 bits per heavy atom. The second kappa shape index (κ2) is 5.93. The third-order valence-electron chi connectivity index (χ3n) is 6.10. The van der Waals surface area contributed by atoms with E-state index in [1.165, 1.54) is 5.56 Å². The predicted molar refractivity (Wildman–Crippen MR) is 98.6 cm³/mol. The van der Waals surface area contributed by atoms with Gasteiger partial charge in [0.05, 0.1) is 6.42 Å². The molecule has 2 atom stereocenters. The summed E-state index contributed by atoms with van der Waals surface area (Å²) in [5.74, 6) is 1.80. The van der Waals surface area contributed by atoms with Crippen LogP contribution in [0.4, 0.5) is 0 Å². The van der Waals surface area contributed by atoms with Crippen molar-refractivity contribution in [3.05, 3.63) is 47.2 Å². The van der Waals surface area contributed by atoms with Crippen molar-refractivity contribution in [3.8, 4) is 0 Å². The first-order chi connectivity index (χ1) is 12.3. The van der Waals surface area contributed by atoms with E-state index < -0.39 is 0 Å². The predicted octanol–water partition coefficient (Wildman–Crippen LogP) is 3.76. The van der Waals surface area contributed by atoms with E-state index in [1.807, 2.05) is 4.90 Å². The minimum atomic E-state index is -0.357. The lowest BCUT2D eigenvalue weighted by molar-refractivity contribution is -0.141. The van der Waals surface area contributed by atoms with Crippen molar-refractivity contribution >= 4 is 5.91 Å². The van der Waals surface area contributed by atoms with E-state index >= 15 is 0 Å². The highest BCUT2D eigenvalue weighted by atomic mass is 16.4. The first kappa shape index (κ1) is 17.3. The quantitative estimate of drug-likeness (QED) is 0.843. The zero-order valence-electron chi connectivity index (χ0n) is 16.1. The molecule has 1 aromatic heterocycles. The van der Waals surface area contributed by atoms with Gasteiger partial charge in [-0.3, -0.25) is 4.79 Å². The lowest BCUT2D eigenvalue weighted by Gasteiger charge is -2.47. The summed E-state index contributed by atoms with van der Waals surface area (Å²) in [5, 5.41) is 8.27. The zero-order chi connectivity index (χ0) is 18.5. The number of hydrogen-bond donors (Lipinski definition) is 0. The molecule has 1 aromatic carbocycles. The van der Waals surface area contributed by atoms with Gasteiger partial charge in [-0.2, -0.15) is 0 Å². The highest BCUT2D eigenvalue weighted by Gasteiger charge is 2.60. The van der Waals surface area contributed by atoms with Crippen LogP contribution in [0.3, 0.4) is 0 Å². The zero-order valence-corrected chi connectivity index (χ0v) is 16.1. The summed E-state index contributed by atoms with van der Waals surface area (Å²) < 4.78 is 5.76. The van der Waals surface area contributed by atoms with Crippen LogP contribution >= 0.6 is 0 Å². The fourth-order valence-corrected chi connectivity index (χ4v) is 4.45. The van der Waals surface area contributed by atoms with Crippen LogP contribution in [-0.2, 0) is 22.2 Å². The van der Waals surface area contributed by atoms with Crippen LogP contribution in [0, 0.1) is 12.8 Å². The molecule has 1 aliphatic carbocycles. The van der Waals surface area contributed by atoms with Crippen molar-refractivity contribution in [1.29, 1.82) is 0 Å². The van der Waals surface area contributed by atoms with Crippen LogP contribution in [0.25, 0.3) is 0 Å². The van der Waals surface area contributed by atoms with Gasteiger partial charge in [-0.05, 0) is 41.7 Å². The largest absolute Gasteiger partial charge is 0.423 e. The molecule has 5 nitrogen and oxygen atoms in total. The van der Waals surface area contributed by atoms with Gasteiger partial charge < -0.3 is 9.32 Å². The fourth-order valence-electron chi connectivity index (χ4n) is 4.45. The van der Waals surface area contributed by atoms with Crippen molar-refractivity contribution in [2.24, 2.45) is 5.92 Å². The van der Waals surface area contributed by atoms with E-state index in [9.17, 15) is 4.79 Å². The van der Waals surface area contributed by atoms with Crippen LogP contribution in [0.15, 0.2) is 28.7 Å². The Hall–Kier alpha value is -2.17. The normalized spacial score (nSPS) is 25.1. The molecule has 138 valence electrons. The average molecular weight is 353 g/mol. The van der Waals surface area contributed by atoms with E-state index in [0.717, 1.165) is 31.4 Å². The molecule has 1 saturated carbocycles. The molecule has 2 aromatic rings. The Labute approximate surface area is 154 Å². The molecule has 0 N–H and O–H groups in total. The summed E-state index contributed by atoms with van der Waals surface area (Å²) in [6, 6.07) is 8.43. The molecule has 26 heavy (non-hydrogen) atoms. The number of rotatable bonds is 3. The number of fused-ring (bicyclic) bond motifs is 1. The van der Waals surface area contributed by atoms with Crippen LogP contribution < -0.4 is 0 Å². The minimum absolute atomic E-state index is 0.122. The van der Waals surface area contributed by atoms with Gasteiger partial charge in [0.25, 0.3) is 0 Å². The number of carbonyl (C=O) groups is 1. The van der Waals surface area contributed by atoms with Crippen molar-refractivity contribution < 1.29 is 9.21 Å². The van der Waals surface area contributed by atoms with Gasteiger partial charge in [-0.25, -0.2) is 0 Å². The summed E-state index contributed by atoms with van der Waals surface area (Å²) in [7, 11) is 0. The first-order valence-corrected chi connectivity index (χ1v) is 9.51. The molecule has 1 amide bonds. The molecular formula is C21H27N3O2. The second-order valence-electron chi connectivity index (χ2n) is 8.74. The van der Waals surface area contributed by atoms with Gasteiger partial charge in [0.1, 0.15) is 5.54 Å². The number of hydrogen-bond acceptors (Lipinski definition) is 4. The molecule has 0 unspecified atom stereocenters. The Bertz CT molecular complexity index is 819. The molecule has 0 spiro atoms. The monoisotopic (exact) mass is 353 g/mol. The van der Waals surface area contributed by atoms with Crippen LogP contribution in [0.1, 0.15) is 62.9 Å². The van der Waals surface area contributed by atoms with Gasteiger partial charge in [-0.1, -0.05) is 45.0 Å². The fraction of sp³-hybridized carbons (Fsp3) is 0.571. The summed E-state index contributed by atoms with van der Waals surface area (Å²) in [6.45, 7) is 9.18. The topological polar surface area (TPSA) is 59.2 Å². The third kappa shape index (κ3) is 2.65. The summed E-state index contributed by atoms with van der Waals surface area (Å²) in [4.78, 5) is 15.1. The smallest absolute Gasteiger partial charge is 0.242 e. The average Bonchev–Trinajstić information content (AvgIpc) is 3.09. The molecule has 5 heteroatoms. The summed E-state index contributed by atoms with van der Waals surface area (Å²) in [5.41, 5.74) is 2.11. The van der Waals surface area contributed by atoms with Gasteiger partial charge in [-0.15, -0.1) is 10.2 Å². The Morgan fingerprint density at radius 3 is 2.50 bits per heavy atom. The molecule has 2 aliphatic rings. The summed E-state index contributed by atoms with van der Waals surface area (Å²) >= 11 is 0. The molecule has 1 saturated heterocycles. The van der Waals surface area contributed by atoms with Gasteiger partial charge >= 0.3 is 0 Å². The van der Waals surface area contributed by atoms with Crippen molar-refractivity contribution in [2.75, 3.05) is 6.54 Å². The van der Waals surface area contributed by atoms with E-state index in [-0.39, 0.29) is 16.9 Å². The van der Waals surface area contributed by atoms with Crippen molar-refractivity contribution in [3.63, 3.8) is 0 Å².